The monoisotopic (exact) mass is 307 g/mol. The fraction of sp³-hybridized carbons (Fsp3) is 0.400. The molecule has 114 valence electrons. The summed E-state index contributed by atoms with van der Waals surface area (Å²) in [5.74, 6) is 0.522. The average molecular weight is 307 g/mol. The molecule has 1 unspecified atom stereocenters. The molecule has 0 aliphatic carbocycles. The van der Waals surface area contributed by atoms with Crippen LogP contribution in [0, 0.1) is 0 Å². The summed E-state index contributed by atoms with van der Waals surface area (Å²) in [5, 5.41) is 3.82. The van der Waals surface area contributed by atoms with E-state index in [1.54, 1.807) is 11.6 Å². The molecule has 0 spiro atoms. The SMILES string of the molecule is CCCc1c(C(C)S(C)(=O)=O)nn(-c2ccccc2)c1N. The van der Waals surface area contributed by atoms with E-state index in [1.807, 2.05) is 37.3 Å². The number of aromatic nitrogens is 2. The van der Waals surface area contributed by atoms with Crippen LogP contribution < -0.4 is 5.73 Å². The lowest BCUT2D eigenvalue weighted by molar-refractivity contribution is 0.589. The van der Waals surface area contributed by atoms with Crippen LogP contribution in [0.15, 0.2) is 30.3 Å². The van der Waals surface area contributed by atoms with Crippen LogP contribution in [0.1, 0.15) is 36.8 Å². The summed E-state index contributed by atoms with van der Waals surface area (Å²) in [6.45, 7) is 3.69. The Morgan fingerprint density at radius 2 is 1.90 bits per heavy atom. The molecule has 0 saturated heterocycles. The molecule has 2 aromatic rings. The van der Waals surface area contributed by atoms with Gasteiger partial charge < -0.3 is 5.73 Å². The topological polar surface area (TPSA) is 78.0 Å². The number of nitrogens with two attached hydrogens (primary N) is 1. The standard InChI is InChI=1S/C15H21N3O2S/c1-4-8-13-14(11(2)21(3,19)20)17-18(15(13)16)12-9-6-5-7-10-12/h5-7,9-11H,4,8,16H2,1-3H3. The zero-order valence-electron chi connectivity index (χ0n) is 12.6. The number of hydrogen-bond donors (Lipinski definition) is 1. The lowest BCUT2D eigenvalue weighted by Gasteiger charge is -2.08. The highest BCUT2D eigenvalue weighted by atomic mass is 32.2. The predicted octanol–water partition coefficient (Wildman–Crippen LogP) is 2.51. The molecule has 0 amide bonds. The van der Waals surface area contributed by atoms with Crippen LogP contribution in [0.3, 0.4) is 0 Å². The van der Waals surface area contributed by atoms with Crippen molar-refractivity contribution in [3.8, 4) is 5.69 Å². The van der Waals surface area contributed by atoms with Crippen molar-refractivity contribution in [2.75, 3.05) is 12.0 Å². The van der Waals surface area contributed by atoms with Crippen molar-refractivity contribution in [2.24, 2.45) is 0 Å². The molecule has 1 aromatic carbocycles. The minimum Gasteiger partial charge on any atom is -0.383 e. The molecule has 5 nitrogen and oxygen atoms in total. The highest BCUT2D eigenvalue weighted by Gasteiger charge is 2.26. The normalized spacial score (nSPS) is 13.3. The molecular weight excluding hydrogens is 286 g/mol. The zero-order chi connectivity index (χ0) is 15.6. The first-order valence-electron chi connectivity index (χ1n) is 6.97. The first-order chi connectivity index (χ1) is 9.86. The van der Waals surface area contributed by atoms with E-state index >= 15 is 0 Å². The largest absolute Gasteiger partial charge is 0.383 e. The van der Waals surface area contributed by atoms with Crippen molar-refractivity contribution in [2.45, 2.75) is 31.9 Å². The third-order valence-electron chi connectivity index (χ3n) is 3.58. The molecule has 2 rings (SSSR count). The first kappa shape index (κ1) is 15.6. The molecule has 0 fully saturated rings. The zero-order valence-corrected chi connectivity index (χ0v) is 13.4. The predicted molar refractivity (Wildman–Crippen MR) is 85.2 cm³/mol. The van der Waals surface area contributed by atoms with Crippen molar-refractivity contribution in [1.29, 1.82) is 0 Å². The van der Waals surface area contributed by atoms with Crippen molar-refractivity contribution in [3.05, 3.63) is 41.6 Å². The molecule has 1 heterocycles. The lowest BCUT2D eigenvalue weighted by Crippen LogP contribution is -2.10. The van der Waals surface area contributed by atoms with E-state index in [4.69, 9.17) is 5.73 Å². The fourth-order valence-electron chi connectivity index (χ4n) is 2.28. The van der Waals surface area contributed by atoms with Gasteiger partial charge in [0.2, 0.25) is 0 Å². The van der Waals surface area contributed by atoms with Crippen molar-refractivity contribution >= 4 is 15.7 Å². The van der Waals surface area contributed by atoms with Gasteiger partial charge >= 0.3 is 0 Å². The van der Waals surface area contributed by atoms with Crippen LogP contribution >= 0.6 is 0 Å². The third-order valence-corrected chi connectivity index (χ3v) is 5.09. The van der Waals surface area contributed by atoms with E-state index in [-0.39, 0.29) is 0 Å². The molecule has 6 heteroatoms. The van der Waals surface area contributed by atoms with Gasteiger partial charge in [0.25, 0.3) is 0 Å². The van der Waals surface area contributed by atoms with Gasteiger partial charge in [-0.15, -0.1) is 0 Å². The van der Waals surface area contributed by atoms with Gasteiger partial charge in [0.15, 0.2) is 9.84 Å². The third kappa shape index (κ3) is 3.10. The molecule has 0 aliphatic heterocycles. The van der Waals surface area contributed by atoms with Gasteiger partial charge in [-0.2, -0.15) is 5.10 Å². The molecule has 0 saturated carbocycles. The first-order valence-corrected chi connectivity index (χ1v) is 8.93. The van der Waals surface area contributed by atoms with Gasteiger partial charge in [-0.25, -0.2) is 13.1 Å². The van der Waals surface area contributed by atoms with Crippen molar-refractivity contribution < 1.29 is 8.42 Å². The average Bonchev–Trinajstić information content (AvgIpc) is 2.76. The van der Waals surface area contributed by atoms with Crippen LogP contribution in [0.5, 0.6) is 0 Å². The fourth-order valence-corrected chi connectivity index (χ4v) is 2.88. The molecule has 1 aromatic heterocycles. The van der Waals surface area contributed by atoms with Gasteiger partial charge in [0, 0.05) is 11.8 Å². The lowest BCUT2D eigenvalue weighted by atomic mass is 10.1. The second-order valence-corrected chi connectivity index (χ2v) is 7.58. The number of hydrogen-bond acceptors (Lipinski definition) is 4. The van der Waals surface area contributed by atoms with Gasteiger partial charge in [0.05, 0.1) is 11.4 Å². The van der Waals surface area contributed by atoms with Crippen molar-refractivity contribution in [1.82, 2.24) is 9.78 Å². The number of para-hydroxylation sites is 1. The van der Waals surface area contributed by atoms with E-state index in [0.717, 1.165) is 17.7 Å². The number of nitrogens with zero attached hydrogens (tertiary/aromatic N) is 2. The second-order valence-electron chi connectivity index (χ2n) is 5.22. The number of anilines is 1. The summed E-state index contributed by atoms with van der Waals surface area (Å²) in [6, 6.07) is 9.50. The summed E-state index contributed by atoms with van der Waals surface area (Å²) in [7, 11) is -3.21. The Balaban J connectivity index is 2.61. The maximum absolute atomic E-state index is 11.9. The van der Waals surface area contributed by atoms with E-state index in [9.17, 15) is 8.42 Å². The Kier molecular flexibility index (Phi) is 4.37. The molecule has 1 atom stereocenters. The molecular formula is C15H21N3O2S. The smallest absolute Gasteiger partial charge is 0.155 e. The Morgan fingerprint density at radius 1 is 1.29 bits per heavy atom. The number of benzene rings is 1. The molecule has 21 heavy (non-hydrogen) atoms. The maximum atomic E-state index is 11.9. The van der Waals surface area contributed by atoms with Crippen LogP contribution in [0.4, 0.5) is 5.82 Å². The van der Waals surface area contributed by atoms with E-state index in [2.05, 4.69) is 5.10 Å². The van der Waals surface area contributed by atoms with E-state index in [1.165, 1.54) is 6.26 Å². The molecule has 2 N–H and O–H groups in total. The van der Waals surface area contributed by atoms with Gasteiger partial charge in [-0.3, -0.25) is 0 Å². The number of rotatable bonds is 5. The molecule has 0 radical (unpaired) electrons. The second kappa shape index (κ2) is 5.89. The van der Waals surface area contributed by atoms with Gasteiger partial charge in [-0.1, -0.05) is 31.5 Å². The molecule has 0 bridgehead atoms. The summed E-state index contributed by atoms with van der Waals surface area (Å²) in [5.41, 5.74) is 8.43. The minimum absolute atomic E-state index is 0.522. The van der Waals surface area contributed by atoms with E-state index in [0.29, 0.717) is 17.9 Å². The highest BCUT2D eigenvalue weighted by molar-refractivity contribution is 7.90. The quantitative estimate of drug-likeness (QED) is 0.920. The Hall–Kier alpha value is -1.82. The summed E-state index contributed by atoms with van der Waals surface area (Å²) < 4.78 is 25.3. The van der Waals surface area contributed by atoms with Gasteiger partial charge in [0.1, 0.15) is 11.1 Å². The Bertz CT molecular complexity index is 721. The number of sulfone groups is 1. The van der Waals surface area contributed by atoms with Crippen molar-refractivity contribution in [3.63, 3.8) is 0 Å². The Morgan fingerprint density at radius 3 is 2.43 bits per heavy atom. The van der Waals surface area contributed by atoms with Crippen LogP contribution in [-0.2, 0) is 16.3 Å². The minimum atomic E-state index is -3.21. The summed E-state index contributed by atoms with van der Waals surface area (Å²) >= 11 is 0. The van der Waals surface area contributed by atoms with Crippen LogP contribution in [-0.4, -0.2) is 24.5 Å². The summed E-state index contributed by atoms with van der Waals surface area (Å²) in [6.07, 6.45) is 2.83. The summed E-state index contributed by atoms with van der Waals surface area (Å²) in [4.78, 5) is 0. The maximum Gasteiger partial charge on any atom is 0.155 e. The van der Waals surface area contributed by atoms with Crippen LogP contribution in [0.2, 0.25) is 0 Å². The Labute approximate surface area is 125 Å². The number of nitrogen functional groups attached to an aromatic ring is 1. The molecule has 0 aliphatic rings. The van der Waals surface area contributed by atoms with E-state index < -0.39 is 15.1 Å². The highest BCUT2D eigenvalue weighted by Crippen LogP contribution is 2.30. The van der Waals surface area contributed by atoms with Crippen LogP contribution in [0.25, 0.3) is 5.69 Å². The van der Waals surface area contributed by atoms with Gasteiger partial charge in [-0.05, 0) is 25.5 Å².